The summed E-state index contributed by atoms with van der Waals surface area (Å²) >= 11 is 5.85. The molecule has 0 spiro atoms. The first-order valence-corrected chi connectivity index (χ1v) is 12.2. The lowest BCUT2D eigenvalue weighted by Crippen LogP contribution is -2.38. The Morgan fingerprint density at radius 2 is 1.78 bits per heavy atom. The third kappa shape index (κ3) is 6.60. The largest absolute Gasteiger partial charge is 0.465 e. The summed E-state index contributed by atoms with van der Waals surface area (Å²) in [5, 5.41) is 7.96. The van der Waals surface area contributed by atoms with Crippen molar-refractivity contribution in [1.29, 1.82) is 0 Å². The minimum atomic E-state index is -4.93. The van der Waals surface area contributed by atoms with Crippen LogP contribution in [0.3, 0.4) is 0 Å². The summed E-state index contributed by atoms with van der Waals surface area (Å²) in [4.78, 5) is 36.0. The van der Waals surface area contributed by atoms with E-state index in [1.54, 1.807) is 13.8 Å². The van der Waals surface area contributed by atoms with E-state index in [0.717, 1.165) is 41.2 Å². The van der Waals surface area contributed by atoms with Crippen molar-refractivity contribution in [3.63, 3.8) is 0 Å². The van der Waals surface area contributed by atoms with Gasteiger partial charge >= 0.3 is 12.1 Å². The second-order valence-electron chi connectivity index (χ2n) is 8.78. The molecular weight excluding hydrogens is 572 g/mol. The molecule has 1 amide bonds. The van der Waals surface area contributed by atoms with Crippen LogP contribution in [-0.2, 0) is 17.5 Å². The summed E-state index contributed by atoms with van der Waals surface area (Å²) in [5.74, 6) is -4.58. The first kappa shape index (κ1) is 29.4. The van der Waals surface area contributed by atoms with Crippen LogP contribution < -0.4 is 9.64 Å². The second kappa shape index (κ2) is 11.9. The number of aromatic nitrogens is 5. The van der Waals surface area contributed by atoms with Crippen LogP contribution in [0.25, 0.3) is 0 Å². The van der Waals surface area contributed by atoms with Crippen LogP contribution in [0.5, 0.6) is 11.6 Å². The molecule has 0 unspecified atom stereocenters. The number of anilines is 1. The number of alkyl halides is 3. The van der Waals surface area contributed by atoms with Crippen LogP contribution in [0, 0.1) is 5.82 Å². The van der Waals surface area contributed by atoms with E-state index in [2.05, 4.69) is 20.2 Å². The van der Waals surface area contributed by atoms with Gasteiger partial charge in [-0.15, -0.1) is 0 Å². The van der Waals surface area contributed by atoms with Crippen molar-refractivity contribution in [2.75, 3.05) is 12.0 Å². The summed E-state index contributed by atoms with van der Waals surface area (Å²) in [7, 11) is 1.05. The molecule has 0 aliphatic rings. The van der Waals surface area contributed by atoms with Gasteiger partial charge in [0.2, 0.25) is 5.88 Å². The Balaban J connectivity index is 1.77. The molecule has 0 radical (unpaired) electrons. The Labute approximate surface area is 235 Å². The molecule has 0 atom stereocenters. The summed E-state index contributed by atoms with van der Waals surface area (Å²) in [5.41, 5.74) is -1.81. The number of rotatable bonds is 8. The molecule has 3 heterocycles. The average Bonchev–Trinajstić information content (AvgIpc) is 3.43. The van der Waals surface area contributed by atoms with Crippen molar-refractivity contribution < 1.29 is 36.6 Å². The quantitative estimate of drug-likeness (QED) is 0.193. The smallest absolute Gasteiger partial charge is 0.421 e. The maximum Gasteiger partial charge on any atom is 0.421 e. The molecule has 4 aromatic rings. The lowest BCUT2D eigenvalue weighted by molar-refractivity contribution is -0.139. The molecule has 15 heteroatoms. The third-order valence-corrected chi connectivity index (χ3v) is 5.83. The molecule has 1 aromatic carbocycles. The Bertz CT molecular complexity index is 1560. The van der Waals surface area contributed by atoms with E-state index in [1.165, 1.54) is 30.7 Å². The van der Waals surface area contributed by atoms with E-state index < -0.39 is 47.1 Å². The maximum absolute atomic E-state index is 15.4. The number of esters is 1. The number of nitrogens with zero attached hydrogens (tertiary/aromatic N) is 6. The highest BCUT2D eigenvalue weighted by Crippen LogP contribution is 2.39. The van der Waals surface area contributed by atoms with Crippen molar-refractivity contribution >= 4 is 29.2 Å². The minimum Gasteiger partial charge on any atom is -0.465 e. The van der Waals surface area contributed by atoms with E-state index in [1.807, 2.05) is 0 Å². The van der Waals surface area contributed by atoms with Crippen LogP contribution in [0.2, 0.25) is 5.02 Å². The molecule has 0 aliphatic heterocycles. The van der Waals surface area contributed by atoms with Crippen molar-refractivity contribution in [2.45, 2.75) is 32.6 Å². The van der Waals surface area contributed by atoms with Crippen LogP contribution in [0.15, 0.2) is 55.1 Å². The average molecular weight is 593 g/mol. The molecule has 0 bridgehead atoms. The van der Waals surface area contributed by atoms with Gasteiger partial charge in [-0.2, -0.15) is 28.2 Å². The summed E-state index contributed by atoms with van der Waals surface area (Å²) < 4.78 is 67.2. The first-order valence-electron chi connectivity index (χ1n) is 11.8. The first-order chi connectivity index (χ1) is 19.4. The van der Waals surface area contributed by atoms with Crippen molar-refractivity contribution in [3.8, 4) is 11.6 Å². The van der Waals surface area contributed by atoms with Crippen LogP contribution >= 0.6 is 11.6 Å². The lowest BCUT2D eigenvalue weighted by atomic mass is 10.1. The van der Waals surface area contributed by atoms with E-state index >= 15 is 4.39 Å². The number of hydrogen-bond acceptors (Lipinski definition) is 8. The molecule has 214 valence electrons. The Hall–Kier alpha value is -4.59. The highest BCUT2D eigenvalue weighted by molar-refractivity contribution is 6.30. The van der Waals surface area contributed by atoms with Crippen molar-refractivity contribution in [3.05, 3.63) is 88.3 Å². The molecular formula is C26H21ClF4N6O4. The summed E-state index contributed by atoms with van der Waals surface area (Å²) in [6, 6.07) is 4.57. The number of carbonyl (C=O) groups is 2. The predicted molar refractivity (Wildman–Crippen MR) is 137 cm³/mol. The molecule has 0 saturated heterocycles. The standard InChI is InChI=1S/C26H21ClF4N6O4/c1-14(2)37(24(38)20-5-4-16(27)12-32-20)21-10-19(28)22(9-17(21)25(39)40-3)41-23-18(26(29,30)31)8-15(11-33-23)13-36-34-6-7-35-36/h4-12,14H,13H2,1-3H3. The number of hydrogen-bond donors (Lipinski definition) is 0. The number of benzene rings is 1. The second-order valence-corrected chi connectivity index (χ2v) is 9.21. The molecule has 41 heavy (non-hydrogen) atoms. The molecule has 0 saturated carbocycles. The summed E-state index contributed by atoms with van der Waals surface area (Å²) in [6.45, 7) is 3.11. The van der Waals surface area contributed by atoms with Gasteiger partial charge in [-0.1, -0.05) is 11.6 Å². The lowest BCUT2D eigenvalue weighted by Gasteiger charge is -2.28. The minimum absolute atomic E-state index is 0.0518. The molecule has 0 fully saturated rings. The fourth-order valence-electron chi connectivity index (χ4n) is 3.80. The van der Waals surface area contributed by atoms with Gasteiger partial charge in [0.25, 0.3) is 5.91 Å². The van der Waals surface area contributed by atoms with Gasteiger partial charge in [-0.3, -0.25) is 4.79 Å². The maximum atomic E-state index is 15.4. The normalized spacial score (nSPS) is 11.4. The van der Waals surface area contributed by atoms with Gasteiger partial charge in [0.1, 0.15) is 11.3 Å². The number of amides is 1. The number of methoxy groups -OCH3 is 1. The Kier molecular flexibility index (Phi) is 8.52. The van der Waals surface area contributed by atoms with Crippen molar-refractivity contribution in [2.24, 2.45) is 0 Å². The highest BCUT2D eigenvalue weighted by Gasteiger charge is 2.37. The van der Waals surface area contributed by atoms with Gasteiger partial charge in [0.05, 0.1) is 42.3 Å². The zero-order valence-corrected chi connectivity index (χ0v) is 22.4. The zero-order chi connectivity index (χ0) is 29.9. The molecule has 0 N–H and O–H groups in total. The van der Waals surface area contributed by atoms with E-state index in [9.17, 15) is 22.8 Å². The fraction of sp³-hybridized carbons (Fsp3) is 0.231. The molecule has 0 aliphatic carbocycles. The Morgan fingerprint density at radius 1 is 1.07 bits per heavy atom. The number of ether oxygens (including phenoxy) is 2. The fourth-order valence-corrected chi connectivity index (χ4v) is 3.91. The van der Waals surface area contributed by atoms with Crippen molar-refractivity contribution in [1.82, 2.24) is 25.0 Å². The van der Waals surface area contributed by atoms with Gasteiger partial charge in [-0.05, 0) is 37.6 Å². The van der Waals surface area contributed by atoms with Gasteiger partial charge in [0, 0.05) is 30.6 Å². The Morgan fingerprint density at radius 3 is 2.37 bits per heavy atom. The predicted octanol–water partition coefficient (Wildman–Crippen LogP) is 5.56. The van der Waals surface area contributed by atoms with Gasteiger partial charge < -0.3 is 14.4 Å². The van der Waals surface area contributed by atoms with Crippen LogP contribution in [-0.4, -0.2) is 50.0 Å². The van der Waals surface area contributed by atoms with E-state index in [0.29, 0.717) is 0 Å². The molecule has 4 rings (SSSR count). The van der Waals surface area contributed by atoms with E-state index in [-0.39, 0.29) is 34.1 Å². The molecule has 3 aromatic heterocycles. The van der Waals surface area contributed by atoms with E-state index in [4.69, 9.17) is 21.1 Å². The van der Waals surface area contributed by atoms with Crippen LogP contribution in [0.4, 0.5) is 23.2 Å². The highest BCUT2D eigenvalue weighted by atomic mass is 35.5. The zero-order valence-electron chi connectivity index (χ0n) is 21.7. The van der Waals surface area contributed by atoms with Gasteiger partial charge in [-0.25, -0.2) is 19.2 Å². The third-order valence-electron chi connectivity index (χ3n) is 5.61. The topological polar surface area (TPSA) is 112 Å². The monoisotopic (exact) mass is 592 g/mol. The molecule has 10 nitrogen and oxygen atoms in total. The SMILES string of the molecule is COC(=O)c1cc(Oc2ncc(Cn3nccn3)cc2C(F)(F)F)c(F)cc1N(C(=O)c1ccc(Cl)cn1)C(C)C. The number of pyridine rings is 2. The van der Waals surface area contributed by atoms with Gasteiger partial charge in [0.15, 0.2) is 11.6 Å². The number of carbonyl (C=O) groups excluding carboxylic acids is 2. The van der Waals surface area contributed by atoms with Crippen LogP contribution in [0.1, 0.15) is 45.8 Å². The number of halogens is 5. The summed E-state index contributed by atoms with van der Waals surface area (Å²) in [6.07, 6.45) is 0.138.